The van der Waals surface area contributed by atoms with Gasteiger partial charge in [-0.05, 0) is 25.5 Å². The second-order valence-corrected chi connectivity index (χ2v) is 3.08. The van der Waals surface area contributed by atoms with Gasteiger partial charge in [-0.3, -0.25) is 4.98 Å². The van der Waals surface area contributed by atoms with E-state index in [4.69, 9.17) is 0 Å². The number of hydrogen-bond acceptors (Lipinski definition) is 2. The van der Waals surface area contributed by atoms with Crippen LogP contribution in [0.5, 0.6) is 0 Å². The zero-order valence-electron chi connectivity index (χ0n) is 8.04. The molecule has 0 atom stereocenters. The van der Waals surface area contributed by atoms with Crippen molar-refractivity contribution in [3.8, 4) is 0 Å². The first-order valence-electron chi connectivity index (χ1n) is 4.38. The third kappa shape index (κ3) is 2.22. The molecule has 0 fully saturated rings. The number of hydrogen-bond donors (Lipinski definition) is 0. The molecule has 0 aliphatic heterocycles. The van der Waals surface area contributed by atoms with Crippen molar-refractivity contribution in [2.45, 2.75) is 20.3 Å². The van der Waals surface area contributed by atoms with E-state index in [-0.39, 0.29) is 0 Å². The molecule has 2 nitrogen and oxygen atoms in total. The molecule has 0 unspecified atom stereocenters. The molecule has 1 aromatic rings. The lowest BCUT2D eigenvalue weighted by molar-refractivity contribution is 0.850. The SMILES string of the molecule is CCCN(C)c1ccnc(C)c1. The summed E-state index contributed by atoms with van der Waals surface area (Å²) in [4.78, 5) is 6.40. The molecule has 66 valence electrons. The van der Waals surface area contributed by atoms with Crippen LogP contribution in [0, 0.1) is 6.92 Å². The Hall–Kier alpha value is -1.05. The number of rotatable bonds is 3. The standard InChI is InChI=1S/C10H16N2/c1-4-7-12(3)10-5-6-11-9(2)8-10/h5-6,8H,4,7H2,1-3H3. The molecule has 0 radical (unpaired) electrons. The van der Waals surface area contributed by atoms with Crippen LogP contribution in [-0.2, 0) is 0 Å². The van der Waals surface area contributed by atoms with Crippen LogP contribution in [-0.4, -0.2) is 18.6 Å². The Balaban J connectivity index is 2.73. The van der Waals surface area contributed by atoms with Gasteiger partial charge in [0.25, 0.3) is 0 Å². The molecule has 12 heavy (non-hydrogen) atoms. The highest BCUT2D eigenvalue weighted by Crippen LogP contribution is 2.11. The van der Waals surface area contributed by atoms with Gasteiger partial charge in [-0.2, -0.15) is 0 Å². The van der Waals surface area contributed by atoms with Crippen LogP contribution < -0.4 is 4.90 Å². The van der Waals surface area contributed by atoms with Crippen LogP contribution in [0.4, 0.5) is 5.69 Å². The van der Waals surface area contributed by atoms with Gasteiger partial charge in [-0.25, -0.2) is 0 Å². The van der Waals surface area contributed by atoms with Crippen molar-refractivity contribution in [2.75, 3.05) is 18.5 Å². The predicted molar refractivity (Wildman–Crippen MR) is 52.5 cm³/mol. The summed E-state index contributed by atoms with van der Waals surface area (Å²) in [5.41, 5.74) is 2.33. The summed E-state index contributed by atoms with van der Waals surface area (Å²) >= 11 is 0. The number of pyridine rings is 1. The highest BCUT2D eigenvalue weighted by Gasteiger charge is 1.98. The molecule has 1 heterocycles. The lowest BCUT2D eigenvalue weighted by atomic mass is 10.3. The molecule has 0 saturated carbocycles. The minimum atomic E-state index is 1.08. The second-order valence-electron chi connectivity index (χ2n) is 3.08. The van der Waals surface area contributed by atoms with Crippen LogP contribution in [0.1, 0.15) is 19.0 Å². The van der Waals surface area contributed by atoms with E-state index in [1.54, 1.807) is 0 Å². The normalized spacial score (nSPS) is 9.92. The summed E-state index contributed by atoms with van der Waals surface area (Å²) in [6.07, 6.45) is 3.04. The van der Waals surface area contributed by atoms with E-state index in [0.29, 0.717) is 0 Å². The predicted octanol–water partition coefficient (Wildman–Crippen LogP) is 2.24. The van der Waals surface area contributed by atoms with Crippen LogP contribution in [0.2, 0.25) is 0 Å². The third-order valence-electron chi connectivity index (χ3n) is 1.88. The summed E-state index contributed by atoms with van der Waals surface area (Å²) in [6, 6.07) is 4.15. The van der Waals surface area contributed by atoms with Crippen molar-refractivity contribution in [1.82, 2.24) is 4.98 Å². The Morgan fingerprint density at radius 1 is 1.50 bits per heavy atom. The highest BCUT2D eigenvalue weighted by atomic mass is 15.1. The monoisotopic (exact) mass is 164 g/mol. The molecule has 0 amide bonds. The third-order valence-corrected chi connectivity index (χ3v) is 1.88. The van der Waals surface area contributed by atoms with Gasteiger partial charge in [0.05, 0.1) is 0 Å². The molecule has 0 saturated heterocycles. The van der Waals surface area contributed by atoms with Crippen LogP contribution in [0.25, 0.3) is 0 Å². The summed E-state index contributed by atoms with van der Waals surface area (Å²) in [6.45, 7) is 5.30. The molecule has 0 spiro atoms. The van der Waals surface area contributed by atoms with Gasteiger partial charge in [-0.15, -0.1) is 0 Å². The van der Waals surface area contributed by atoms with Crippen molar-refractivity contribution in [1.29, 1.82) is 0 Å². The Bertz CT molecular complexity index is 245. The maximum absolute atomic E-state index is 4.16. The Morgan fingerprint density at radius 2 is 2.25 bits per heavy atom. The fourth-order valence-electron chi connectivity index (χ4n) is 1.23. The average Bonchev–Trinajstić information content (AvgIpc) is 2.05. The zero-order valence-corrected chi connectivity index (χ0v) is 8.04. The van der Waals surface area contributed by atoms with E-state index < -0.39 is 0 Å². The van der Waals surface area contributed by atoms with Gasteiger partial charge in [-0.1, -0.05) is 6.92 Å². The first-order valence-corrected chi connectivity index (χ1v) is 4.38. The highest BCUT2D eigenvalue weighted by molar-refractivity contribution is 5.45. The van der Waals surface area contributed by atoms with Crippen molar-refractivity contribution in [3.05, 3.63) is 24.0 Å². The van der Waals surface area contributed by atoms with Gasteiger partial charge in [0.15, 0.2) is 0 Å². The van der Waals surface area contributed by atoms with Crippen molar-refractivity contribution in [3.63, 3.8) is 0 Å². The molecule has 0 bridgehead atoms. The molecular weight excluding hydrogens is 148 g/mol. The van der Waals surface area contributed by atoms with Crippen molar-refractivity contribution < 1.29 is 0 Å². The van der Waals surface area contributed by atoms with E-state index in [1.807, 2.05) is 19.2 Å². The average molecular weight is 164 g/mol. The van der Waals surface area contributed by atoms with E-state index in [1.165, 1.54) is 12.1 Å². The van der Waals surface area contributed by atoms with Gasteiger partial charge < -0.3 is 4.90 Å². The van der Waals surface area contributed by atoms with Gasteiger partial charge in [0.1, 0.15) is 0 Å². The Labute approximate surface area is 74.2 Å². The summed E-state index contributed by atoms with van der Waals surface area (Å²) < 4.78 is 0. The number of aromatic nitrogens is 1. The lowest BCUT2D eigenvalue weighted by Crippen LogP contribution is -2.17. The van der Waals surface area contributed by atoms with Crippen LogP contribution in [0.15, 0.2) is 18.3 Å². The number of anilines is 1. The minimum absolute atomic E-state index is 1.08. The van der Waals surface area contributed by atoms with Gasteiger partial charge in [0.2, 0.25) is 0 Å². The first kappa shape index (κ1) is 9.04. The molecule has 1 aromatic heterocycles. The smallest absolute Gasteiger partial charge is 0.0397 e. The van der Waals surface area contributed by atoms with Crippen LogP contribution in [0.3, 0.4) is 0 Å². The molecule has 0 aliphatic carbocycles. The summed E-state index contributed by atoms with van der Waals surface area (Å²) in [5.74, 6) is 0. The zero-order chi connectivity index (χ0) is 8.97. The van der Waals surface area contributed by atoms with E-state index in [9.17, 15) is 0 Å². The fraction of sp³-hybridized carbons (Fsp3) is 0.500. The first-order chi connectivity index (χ1) is 5.74. The van der Waals surface area contributed by atoms with Crippen molar-refractivity contribution >= 4 is 5.69 Å². The molecule has 0 N–H and O–H groups in total. The second kappa shape index (κ2) is 4.10. The van der Waals surface area contributed by atoms with Crippen molar-refractivity contribution in [2.24, 2.45) is 0 Å². The van der Waals surface area contributed by atoms with E-state index >= 15 is 0 Å². The van der Waals surface area contributed by atoms with Crippen LogP contribution >= 0.6 is 0 Å². The molecule has 1 rings (SSSR count). The number of aryl methyl sites for hydroxylation is 1. The topological polar surface area (TPSA) is 16.1 Å². The van der Waals surface area contributed by atoms with E-state index in [2.05, 4.69) is 29.9 Å². The quantitative estimate of drug-likeness (QED) is 0.681. The Kier molecular flexibility index (Phi) is 3.09. The Morgan fingerprint density at radius 3 is 2.83 bits per heavy atom. The lowest BCUT2D eigenvalue weighted by Gasteiger charge is -2.18. The maximum atomic E-state index is 4.16. The minimum Gasteiger partial charge on any atom is -0.375 e. The molecule has 2 heteroatoms. The maximum Gasteiger partial charge on any atom is 0.0397 e. The fourth-order valence-corrected chi connectivity index (χ4v) is 1.23. The molecule has 0 aliphatic rings. The summed E-state index contributed by atoms with van der Waals surface area (Å²) in [7, 11) is 2.11. The number of nitrogens with zero attached hydrogens (tertiary/aromatic N) is 2. The molecular formula is C10H16N2. The van der Waals surface area contributed by atoms with E-state index in [0.717, 1.165) is 12.2 Å². The van der Waals surface area contributed by atoms with Gasteiger partial charge in [0, 0.05) is 31.2 Å². The molecule has 0 aromatic carbocycles. The van der Waals surface area contributed by atoms with Gasteiger partial charge >= 0.3 is 0 Å². The largest absolute Gasteiger partial charge is 0.375 e. The summed E-state index contributed by atoms with van der Waals surface area (Å²) in [5, 5.41) is 0.